The van der Waals surface area contributed by atoms with Crippen LogP contribution >= 0.6 is 0 Å². The zero-order valence-corrected chi connectivity index (χ0v) is 16.1. The van der Waals surface area contributed by atoms with Gasteiger partial charge in [-0.1, -0.05) is 0 Å². The first kappa shape index (κ1) is 19.2. The molecule has 5 rings (SSSR count). The molecule has 1 aromatic heterocycles. The third-order valence-electron chi connectivity index (χ3n) is 6.23. The van der Waals surface area contributed by atoms with Crippen LogP contribution in [-0.2, 0) is 4.79 Å². The molecule has 4 nitrogen and oxygen atoms in total. The number of amides is 1. The number of rotatable bonds is 5. The number of H-pyrrole nitrogens is 1. The van der Waals surface area contributed by atoms with Crippen molar-refractivity contribution >= 4 is 16.8 Å². The molecule has 2 aliphatic carbocycles. The summed E-state index contributed by atoms with van der Waals surface area (Å²) in [5.74, 6) is -2.04. The Balaban J connectivity index is 1.45. The summed E-state index contributed by atoms with van der Waals surface area (Å²) < 4.78 is 41.7. The standard InChI is InChI=1S/C23H21F3N2O2/c24-14-5-3-11(4-6-14)20-19(17-9-15(25)10-18(26)21(17)28-20)13-7-16(8-13)27-23(30)22(29)12-1-2-12/h3-6,9-10,12-13,16,22,28-29H,1-2,7-8H2,(H,27,30). The number of aromatic amines is 1. The third-order valence-corrected chi connectivity index (χ3v) is 6.23. The van der Waals surface area contributed by atoms with Crippen LogP contribution in [0.15, 0.2) is 36.4 Å². The number of fused-ring (bicyclic) bond motifs is 1. The molecule has 156 valence electrons. The van der Waals surface area contributed by atoms with E-state index in [1.54, 1.807) is 12.1 Å². The van der Waals surface area contributed by atoms with Gasteiger partial charge in [0.2, 0.25) is 5.91 Å². The van der Waals surface area contributed by atoms with Gasteiger partial charge in [-0.3, -0.25) is 4.79 Å². The molecular weight excluding hydrogens is 393 g/mol. The molecule has 2 fully saturated rings. The lowest BCUT2D eigenvalue weighted by Gasteiger charge is -2.37. The van der Waals surface area contributed by atoms with Gasteiger partial charge in [-0.2, -0.15) is 0 Å². The summed E-state index contributed by atoms with van der Waals surface area (Å²) in [6.45, 7) is 0. The quantitative estimate of drug-likeness (QED) is 0.580. The van der Waals surface area contributed by atoms with Gasteiger partial charge in [-0.05, 0) is 79.0 Å². The SMILES string of the molecule is O=C(NC1CC(c2c(-c3ccc(F)cc3)[nH]c3c(F)cc(F)cc23)C1)C(O)C1CC1. The number of aromatic nitrogens is 1. The zero-order valence-electron chi connectivity index (χ0n) is 16.1. The van der Waals surface area contributed by atoms with Crippen LogP contribution in [0.2, 0.25) is 0 Å². The molecule has 0 spiro atoms. The van der Waals surface area contributed by atoms with Crippen LogP contribution in [0.25, 0.3) is 22.2 Å². The zero-order chi connectivity index (χ0) is 21.0. The Morgan fingerprint density at radius 1 is 1.07 bits per heavy atom. The van der Waals surface area contributed by atoms with Crippen molar-refractivity contribution in [3.63, 3.8) is 0 Å². The van der Waals surface area contributed by atoms with Gasteiger partial charge in [0.05, 0.1) is 11.2 Å². The molecule has 2 aliphatic rings. The van der Waals surface area contributed by atoms with Crippen LogP contribution < -0.4 is 5.32 Å². The first-order valence-corrected chi connectivity index (χ1v) is 10.2. The fraction of sp³-hybridized carbons (Fsp3) is 0.348. The van der Waals surface area contributed by atoms with Crippen LogP contribution in [0, 0.1) is 23.4 Å². The summed E-state index contributed by atoms with van der Waals surface area (Å²) >= 11 is 0. The van der Waals surface area contributed by atoms with E-state index in [0.717, 1.165) is 24.5 Å². The number of halogens is 3. The molecular formula is C23H21F3N2O2. The molecule has 2 saturated carbocycles. The lowest BCUT2D eigenvalue weighted by atomic mass is 9.74. The van der Waals surface area contributed by atoms with Crippen LogP contribution in [0.4, 0.5) is 13.2 Å². The second-order valence-electron chi connectivity index (χ2n) is 8.39. The number of benzene rings is 2. The number of aliphatic hydroxyl groups excluding tert-OH is 1. The maximum absolute atomic E-state index is 14.4. The van der Waals surface area contributed by atoms with Crippen molar-refractivity contribution in [1.82, 2.24) is 10.3 Å². The Bertz CT molecular complexity index is 1120. The topological polar surface area (TPSA) is 65.1 Å². The molecule has 0 bridgehead atoms. The summed E-state index contributed by atoms with van der Waals surface area (Å²) in [5, 5.41) is 13.3. The van der Waals surface area contributed by atoms with Gasteiger partial charge in [0.1, 0.15) is 23.6 Å². The van der Waals surface area contributed by atoms with Crippen molar-refractivity contribution in [3.8, 4) is 11.3 Å². The Hall–Kier alpha value is -2.80. The maximum Gasteiger partial charge on any atom is 0.249 e. The van der Waals surface area contributed by atoms with Crippen molar-refractivity contribution in [2.24, 2.45) is 5.92 Å². The third kappa shape index (κ3) is 3.37. The van der Waals surface area contributed by atoms with Gasteiger partial charge in [0, 0.05) is 17.5 Å². The summed E-state index contributed by atoms with van der Waals surface area (Å²) in [6, 6.07) is 7.89. The van der Waals surface area contributed by atoms with E-state index in [2.05, 4.69) is 10.3 Å². The fourth-order valence-electron chi connectivity index (χ4n) is 4.39. The Kier molecular flexibility index (Phi) is 4.58. The van der Waals surface area contributed by atoms with Crippen LogP contribution in [-0.4, -0.2) is 28.1 Å². The fourth-order valence-corrected chi connectivity index (χ4v) is 4.39. The molecule has 1 atom stereocenters. The minimum atomic E-state index is -0.963. The smallest absolute Gasteiger partial charge is 0.249 e. The summed E-state index contributed by atoms with van der Waals surface area (Å²) in [7, 11) is 0. The van der Waals surface area contributed by atoms with E-state index >= 15 is 0 Å². The number of hydrogen-bond donors (Lipinski definition) is 3. The van der Waals surface area contributed by atoms with Crippen LogP contribution in [0.5, 0.6) is 0 Å². The van der Waals surface area contributed by atoms with Gasteiger partial charge in [-0.25, -0.2) is 13.2 Å². The van der Waals surface area contributed by atoms with E-state index in [9.17, 15) is 23.1 Å². The van der Waals surface area contributed by atoms with Crippen molar-refractivity contribution in [3.05, 3.63) is 59.4 Å². The molecule has 3 N–H and O–H groups in total. The molecule has 3 aromatic rings. The van der Waals surface area contributed by atoms with Gasteiger partial charge >= 0.3 is 0 Å². The van der Waals surface area contributed by atoms with Crippen molar-refractivity contribution in [2.75, 3.05) is 0 Å². The molecule has 1 unspecified atom stereocenters. The highest BCUT2D eigenvalue weighted by molar-refractivity contribution is 5.92. The van der Waals surface area contributed by atoms with E-state index < -0.39 is 17.7 Å². The summed E-state index contributed by atoms with van der Waals surface area (Å²) in [4.78, 5) is 15.2. The molecule has 30 heavy (non-hydrogen) atoms. The predicted molar refractivity (Wildman–Crippen MR) is 106 cm³/mol. The first-order chi connectivity index (χ1) is 14.4. The average Bonchev–Trinajstić information content (AvgIpc) is 3.46. The second kappa shape index (κ2) is 7.16. The maximum atomic E-state index is 14.4. The molecule has 1 heterocycles. The van der Waals surface area contributed by atoms with Gasteiger partial charge in [0.25, 0.3) is 0 Å². The molecule has 0 saturated heterocycles. The minimum Gasteiger partial charge on any atom is -0.383 e. The Morgan fingerprint density at radius 3 is 2.43 bits per heavy atom. The van der Waals surface area contributed by atoms with Crippen LogP contribution in [0.3, 0.4) is 0 Å². The highest BCUT2D eigenvalue weighted by Gasteiger charge is 2.39. The number of carbonyl (C=O) groups is 1. The summed E-state index contributed by atoms with van der Waals surface area (Å²) in [6.07, 6.45) is 1.98. The van der Waals surface area contributed by atoms with Crippen LogP contribution in [0.1, 0.15) is 37.2 Å². The first-order valence-electron chi connectivity index (χ1n) is 10.2. The number of nitrogens with one attached hydrogen (secondary N) is 2. The normalized spacial score (nSPS) is 22.0. The number of carbonyl (C=O) groups excluding carboxylic acids is 1. The molecule has 1 amide bonds. The van der Waals surface area contributed by atoms with Gasteiger partial charge < -0.3 is 15.4 Å². The van der Waals surface area contributed by atoms with E-state index in [1.165, 1.54) is 18.2 Å². The lowest BCUT2D eigenvalue weighted by Crippen LogP contribution is -2.47. The minimum absolute atomic E-state index is 0.0247. The highest BCUT2D eigenvalue weighted by Crippen LogP contribution is 2.46. The number of aliphatic hydroxyl groups is 1. The summed E-state index contributed by atoms with van der Waals surface area (Å²) in [5.41, 5.74) is 2.28. The average molecular weight is 414 g/mol. The van der Waals surface area contributed by atoms with Gasteiger partial charge in [0.15, 0.2) is 0 Å². The van der Waals surface area contributed by atoms with Crippen molar-refractivity contribution < 1.29 is 23.1 Å². The number of hydrogen-bond acceptors (Lipinski definition) is 2. The van der Waals surface area contributed by atoms with Crippen molar-refractivity contribution in [1.29, 1.82) is 0 Å². The molecule has 7 heteroatoms. The predicted octanol–water partition coefficient (Wildman–Crippen LogP) is 4.39. The van der Waals surface area contributed by atoms with E-state index in [0.29, 0.717) is 29.5 Å². The Labute approximate surface area is 171 Å². The molecule has 0 radical (unpaired) electrons. The van der Waals surface area contributed by atoms with Crippen molar-refractivity contribution in [2.45, 2.75) is 43.7 Å². The molecule has 0 aliphatic heterocycles. The monoisotopic (exact) mass is 414 g/mol. The second-order valence-corrected chi connectivity index (χ2v) is 8.39. The van der Waals surface area contributed by atoms with E-state index in [4.69, 9.17) is 0 Å². The van der Waals surface area contributed by atoms with Gasteiger partial charge in [-0.15, -0.1) is 0 Å². The van der Waals surface area contributed by atoms with E-state index in [1.807, 2.05) is 0 Å². The van der Waals surface area contributed by atoms with E-state index in [-0.39, 0.29) is 35.1 Å². The Morgan fingerprint density at radius 2 is 1.77 bits per heavy atom. The molecule has 2 aromatic carbocycles. The largest absolute Gasteiger partial charge is 0.383 e. The highest BCUT2D eigenvalue weighted by atomic mass is 19.1. The lowest BCUT2D eigenvalue weighted by molar-refractivity contribution is -0.131.